The number of terminal acetylenes is 1. The molecular weight excluding hydrogens is 488 g/mol. The minimum atomic E-state index is 0.261. The molecule has 2 heterocycles. The highest BCUT2D eigenvalue weighted by atomic mass is 32.2. The SMILES string of the molecule is C#CCSc1nc(Sc2nnnn2CCN(C)C)c(C#N)c(-c2cc(OC)c(OC)c(OC)c2)n1. The predicted molar refractivity (Wildman–Crippen MR) is 132 cm³/mol. The predicted octanol–water partition coefficient (Wildman–Crippen LogP) is 2.47. The largest absolute Gasteiger partial charge is 0.493 e. The lowest BCUT2D eigenvalue weighted by Gasteiger charge is -2.15. The number of methoxy groups -OCH3 is 3. The fraction of sp³-hybridized carbons (Fsp3) is 0.364. The topological polar surface area (TPSA) is 124 Å². The van der Waals surface area contributed by atoms with Crippen LogP contribution in [0.4, 0.5) is 0 Å². The average Bonchev–Trinajstić information content (AvgIpc) is 3.31. The van der Waals surface area contributed by atoms with Gasteiger partial charge in [-0.25, -0.2) is 14.6 Å². The third kappa shape index (κ3) is 6.14. The van der Waals surface area contributed by atoms with Crippen LogP contribution in [0.3, 0.4) is 0 Å². The summed E-state index contributed by atoms with van der Waals surface area (Å²) in [6, 6.07) is 5.70. The molecule has 0 aliphatic carbocycles. The summed E-state index contributed by atoms with van der Waals surface area (Å²) >= 11 is 2.48. The van der Waals surface area contributed by atoms with Gasteiger partial charge in [-0.1, -0.05) is 17.7 Å². The van der Waals surface area contributed by atoms with Gasteiger partial charge in [0.1, 0.15) is 16.7 Å². The lowest BCUT2D eigenvalue weighted by molar-refractivity contribution is 0.324. The highest BCUT2D eigenvalue weighted by Gasteiger charge is 2.23. The van der Waals surface area contributed by atoms with E-state index in [4.69, 9.17) is 20.6 Å². The maximum absolute atomic E-state index is 10.1. The van der Waals surface area contributed by atoms with E-state index >= 15 is 0 Å². The molecule has 0 aliphatic rings. The van der Waals surface area contributed by atoms with Crippen molar-refractivity contribution in [1.29, 1.82) is 5.26 Å². The molecule has 0 atom stereocenters. The molecule has 2 aromatic heterocycles. The van der Waals surface area contributed by atoms with Gasteiger partial charge in [-0.3, -0.25) is 0 Å². The van der Waals surface area contributed by atoms with Crippen LogP contribution in [0.5, 0.6) is 17.2 Å². The molecular formula is C22H24N8O3S2. The summed E-state index contributed by atoms with van der Waals surface area (Å²) in [5.41, 5.74) is 1.25. The number of ether oxygens (including phenoxy) is 3. The van der Waals surface area contributed by atoms with E-state index in [1.165, 1.54) is 44.9 Å². The van der Waals surface area contributed by atoms with Crippen molar-refractivity contribution in [3.05, 3.63) is 17.7 Å². The van der Waals surface area contributed by atoms with Gasteiger partial charge in [0.2, 0.25) is 10.9 Å². The van der Waals surface area contributed by atoms with Gasteiger partial charge in [0.15, 0.2) is 16.7 Å². The second-order valence-corrected chi connectivity index (χ2v) is 9.04. The molecule has 0 N–H and O–H groups in total. The van der Waals surface area contributed by atoms with Crippen LogP contribution in [0.15, 0.2) is 27.5 Å². The van der Waals surface area contributed by atoms with E-state index in [0.29, 0.717) is 56.1 Å². The molecule has 182 valence electrons. The smallest absolute Gasteiger partial charge is 0.215 e. The molecule has 13 heteroatoms. The number of likely N-dealkylation sites (N-methyl/N-ethyl adjacent to an activating group) is 1. The Hall–Kier alpha value is -3.52. The van der Waals surface area contributed by atoms with Crippen LogP contribution in [0.1, 0.15) is 5.56 Å². The summed E-state index contributed by atoms with van der Waals surface area (Å²) in [7, 11) is 8.50. The van der Waals surface area contributed by atoms with Gasteiger partial charge < -0.3 is 19.1 Å². The summed E-state index contributed by atoms with van der Waals surface area (Å²) in [5, 5.41) is 23.4. The first-order valence-corrected chi connectivity index (χ1v) is 12.0. The van der Waals surface area contributed by atoms with Gasteiger partial charge in [-0.05, 0) is 48.4 Å². The number of thioether (sulfide) groups is 1. The number of aromatic nitrogens is 6. The molecule has 0 aliphatic heterocycles. The number of nitriles is 1. The summed E-state index contributed by atoms with van der Waals surface area (Å²) in [6.07, 6.45) is 5.45. The molecule has 35 heavy (non-hydrogen) atoms. The maximum Gasteiger partial charge on any atom is 0.215 e. The van der Waals surface area contributed by atoms with Gasteiger partial charge in [-0.2, -0.15) is 5.26 Å². The Morgan fingerprint density at radius 1 is 1.11 bits per heavy atom. The van der Waals surface area contributed by atoms with Crippen molar-refractivity contribution >= 4 is 23.5 Å². The fourth-order valence-electron chi connectivity index (χ4n) is 2.98. The number of hydrogen-bond donors (Lipinski definition) is 0. The van der Waals surface area contributed by atoms with Gasteiger partial charge in [0, 0.05) is 12.1 Å². The van der Waals surface area contributed by atoms with Crippen LogP contribution in [0.25, 0.3) is 11.3 Å². The highest BCUT2D eigenvalue weighted by Crippen LogP contribution is 2.42. The second-order valence-electron chi connectivity index (χ2n) is 7.14. The van der Waals surface area contributed by atoms with E-state index in [0.717, 1.165) is 6.54 Å². The molecule has 1 aromatic carbocycles. The molecule has 3 rings (SSSR count). The first-order chi connectivity index (χ1) is 16.9. The monoisotopic (exact) mass is 512 g/mol. The number of tetrazole rings is 1. The van der Waals surface area contributed by atoms with E-state index < -0.39 is 0 Å². The van der Waals surface area contributed by atoms with Crippen LogP contribution in [-0.4, -0.2) is 82.8 Å². The molecule has 0 bridgehead atoms. The minimum Gasteiger partial charge on any atom is -0.493 e. The third-order valence-corrected chi connectivity index (χ3v) is 6.35. The zero-order valence-corrected chi connectivity index (χ0v) is 21.6. The molecule has 0 unspecified atom stereocenters. The van der Waals surface area contributed by atoms with Crippen LogP contribution in [0, 0.1) is 23.7 Å². The van der Waals surface area contributed by atoms with E-state index in [1.54, 1.807) is 16.8 Å². The summed E-state index contributed by atoms with van der Waals surface area (Å²) in [6.45, 7) is 1.32. The van der Waals surface area contributed by atoms with Crippen molar-refractivity contribution in [2.24, 2.45) is 0 Å². The number of nitrogens with zero attached hydrogens (tertiary/aromatic N) is 8. The van der Waals surface area contributed by atoms with Crippen LogP contribution < -0.4 is 14.2 Å². The molecule has 0 saturated heterocycles. The molecule has 0 fully saturated rings. The molecule has 11 nitrogen and oxygen atoms in total. The number of benzene rings is 1. The van der Waals surface area contributed by atoms with Crippen molar-refractivity contribution in [3.63, 3.8) is 0 Å². The first-order valence-electron chi connectivity index (χ1n) is 10.2. The van der Waals surface area contributed by atoms with Gasteiger partial charge in [0.05, 0.1) is 39.3 Å². The fourth-order valence-corrected chi connectivity index (χ4v) is 4.43. The van der Waals surface area contributed by atoms with E-state index in [-0.39, 0.29) is 5.56 Å². The van der Waals surface area contributed by atoms with Crippen molar-refractivity contribution in [1.82, 2.24) is 35.1 Å². The minimum absolute atomic E-state index is 0.261. The zero-order valence-electron chi connectivity index (χ0n) is 20.0. The average molecular weight is 513 g/mol. The Morgan fingerprint density at radius 2 is 1.83 bits per heavy atom. The Morgan fingerprint density at radius 3 is 2.40 bits per heavy atom. The molecule has 3 aromatic rings. The first kappa shape index (κ1) is 26.1. The van der Waals surface area contributed by atoms with E-state index in [1.807, 2.05) is 19.0 Å². The Bertz CT molecular complexity index is 1240. The number of rotatable bonds is 11. The van der Waals surface area contributed by atoms with Crippen LogP contribution in [0.2, 0.25) is 0 Å². The highest BCUT2D eigenvalue weighted by molar-refractivity contribution is 7.99. The second kappa shape index (κ2) is 12.3. The standard InChI is InChI=1S/C22H24N8O3S2/c1-7-10-34-21-24-18(14-11-16(31-4)19(33-6)17(12-14)32-5)15(13-23)20(25-21)35-22-26-27-28-30(22)9-8-29(2)3/h1,11-12H,8-10H2,2-6H3. The van der Waals surface area contributed by atoms with E-state index in [2.05, 4.69) is 37.5 Å². The number of hydrogen-bond acceptors (Lipinski definition) is 12. The van der Waals surface area contributed by atoms with Gasteiger partial charge in [0.25, 0.3) is 0 Å². The third-order valence-electron chi connectivity index (χ3n) is 4.64. The van der Waals surface area contributed by atoms with Crippen molar-refractivity contribution in [2.75, 3.05) is 47.7 Å². The lowest BCUT2D eigenvalue weighted by atomic mass is 10.1. The van der Waals surface area contributed by atoms with Crippen molar-refractivity contribution in [2.45, 2.75) is 21.9 Å². The lowest BCUT2D eigenvalue weighted by Crippen LogP contribution is -2.19. The van der Waals surface area contributed by atoms with Crippen LogP contribution in [-0.2, 0) is 6.54 Å². The molecule has 0 radical (unpaired) electrons. The maximum atomic E-state index is 10.1. The summed E-state index contributed by atoms with van der Waals surface area (Å²) in [5.74, 6) is 4.24. The zero-order chi connectivity index (χ0) is 25.4. The Kier molecular flexibility index (Phi) is 9.14. The molecule has 0 saturated carbocycles. The van der Waals surface area contributed by atoms with Crippen molar-refractivity contribution < 1.29 is 14.2 Å². The van der Waals surface area contributed by atoms with Crippen LogP contribution >= 0.6 is 23.5 Å². The Labute approximate surface area is 212 Å². The van der Waals surface area contributed by atoms with Gasteiger partial charge in [-0.15, -0.1) is 11.5 Å². The quantitative estimate of drug-likeness (QED) is 0.162. The van der Waals surface area contributed by atoms with E-state index in [9.17, 15) is 5.26 Å². The van der Waals surface area contributed by atoms with Crippen molar-refractivity contribution in [3.8, 4) is 46.9 Å². The normalized spacial score (nSPS) is 10.6. The summed E-state index contributed by atoms with van der Waals surface area (Å²) < 4.78 is 18.1. The summed E-state index contributed by atoms with van der Waals surface area (Å²) in [4.78, 5) is 11.2. The Balaban J connectivity index is 2.15. The molecule has 0 amide bonds. The van der Waals surface area contributed by atoms with Gasteiger partial charge >= 0.3 is 0 Å². The molecule has 0 spiro atoms.